The van der Waals surface area contributed by atoms with Crippen LogP contribution < -0.4 is 9.65 Å². The average Bonchev–Trinajstić information content (AvgIpc) is 2.46. The van der Waals surface area contributed by atoms with Gasteiger partial charge in [-0.1, -0.05) is 42.5 Å². The van der Waals surface area contributed by atoms with E-state index in [0.29, 0.717) is 15.4 Å². The van der Waals surface area contributed by atoms with Gasteiger partial charge in [0.25, 0.3) is 0 Å². The standard InChI is InChI=1S/C14H11N3O2/c18-14-12-8-4-5-9-13(12)17(19)16(15-14)10-11-6-2-1-3-7-11/h1-9H,10H2. The first-order chi connectivity index (χ1) is 9.25. The topological polar surface area (TPSA) is 63.9 Å². The first kappa shape index (κ1) is 11.4. The summed E-state index contributed by atoms with van der Waals surface area (Å²) in [5.41, 5.74) is 1.25. The van der Waals surface area contributed by atoms with Crippen molar-refractivity contribution in [1.82, 2.24) is 9.90 Å². The summed E-state index contributed by atoms with van der Waals surface area (Å²) in [6, 6.07) is 16.1. The molecule has 0 unspecified atom stereocenters. The molecule has 0 radical (unpaired) electrons. The minimum Gasteiger partial charge on any atom is -0.837 e. The summed E-state index contributed by atoms with van der Waals surface area (Å²) in [4.78, 5) is 13.3. The van der Waals surface area contributed by atoms with Gasteiger partial charge < -0.3 is 5.11 Å². The quantitative estimate of drug-likeness (QED) is 0.642. The zero-order chi connectivity index (χ0) is 13.2. The molecule has 5 nitrogen and oxygen atoms in total. The van der Waals surface area contributed by atoms with Crippen LogP contribution in [-0.4, -0.2) is 9.90 Å². The molecule has 0 aliphatic heterocycles. The Kier molecular flexibility index (Phi) is 2.72. The maximum Gasteiger partial charge on any atom is 0.212 e. The molecule has 0 N–H and O–H groups in total. The third kappa shape index (κ3) is 2.06. The van der Waals surface area contributed by atoms with Crippen molar-refractivity contribution in [3.8, 4) is 5.88 Å². The molecule has 0 saturated heterocycles. The Morgan fingerprint density at radius 1 is 1.05 bits per heavy atom. The Hall–Kier alpha value is -2.69. The van der Waals surface area contributed by atoms with Gasteiger partial charge in [0.15, 0.2) is 0 Å². The molecular formula is C14H11N3O2. The van der Waals surface area contributed by atoms with Crippen LogP contribution in [0, 0.1) is 4.91 Å². The lowest BCUT2D eigenvalue weighted by Crippen LogP contribution is -2.35. The van der Waals surface area contributed by atoms with Crippen molar-refractivity contribution in [2.24, 2.45) is 0 Å². The van der Waals surface area contributed by atoms with Crippen molar-refractivity contribution in [3.05, 3.63) is 65.1 Å². The lowest BCUT2D eigenvalue weighted by Gasteiger charge is -2.04. The Bertz CT molecular complexity index is 782. The van der Waals surface area contributed by atoms with Crippen LogP contribution in [0.1, 0.15) is 5.56 Å². The van der Waals surface area contributed by atoms with E-state index >= 15 is 0 Å². The molecule has 1 aromatic heterocycles. The second-order valence-corrected chi connectivity index (χ2v) is 4.21. The Morgan fingerprint density at radius 2 is 1.74 bits per heavy atom. The molecule has 0 atom stereocenters. The minimum atomic E-state index is -0.390. The van der Waals surface area contributed by atoms with Crippen molar-refractivity contribution in [2.45, 2.75) is 6.54 Å². The first-order valence-electron chi connectivity index (χ1n) is 5.89. The molecule has 0 fully saturated rings. The van der Waals surface area contributed by atoms with Gasteiger partial charge in [0.2, 0.25) is 5.52 Å². The predicted octanol–water partition coefficient (Wildman–Crippen LogP) is 1.07. The smallest absolute Gasteiger partial charge is 0.212 e. The molecule has 3 rings (SSSR count). The van der Waals surface area contributed by atoms with E-state index in [2.05, 4.69) is 5.10 Å². The summed E-state index contributed by atoms with van der Waals surface area (Å²) in [6.07, 6.45) is 0. The van der Waals surface area contributed by atoms with Crippen LogP contribution in [-0.2, 0) is 6.54 Å². The number of hydrogen-bond acceptors (Lipinski definition) is 3. The Balaban J connectivity index is 2.15. The van der Waals surface area contributed by atoms with Crippen LogP contribution in [0.5, 0.6) is 5.88 Å². The number of benzene rings is 2. The maximum atomic E-state index is 12.2. The number of rotatable bonds is 2. The Morgan fingerprint density at radius 3 is 2.53 bits per heavy atom. The fourth-order valence-electron chi connectivity index (χ4n) is 1.99. The van der Waals surface area contributed by atoms with Crippen LogP contribution in [0.2, 0.25) is 0 Å². The second-order valence-electron chi connectivity index (χ2n) is 4.21. The molecule has 3 aromatic rings. The predicted molar refractivity (Wildman–Crippen MR) is 68.1 cm³/mol. The monoisotopic (exact) mass is 253 g/mol. The molecule has 2 aromatic carbocycles. The number of fused-ring (bicyclic) bond motifs is 1. The van der Waals surface area contributed by atoms with Crippen molar-refractivity contribution in [1.29, 1.82) is 0 Å². The number of hydrogen-bond donors (Lipinski definition) is 0. The van der Waals surface area contributed by atoms with Gasteiger partial charge in [-0.3, -0.25) is 0 Å². The summed E-state index contributed by atoms with van der Waals surface area (Å²) in [7, 11) is 0. The van der Waals surface area contributed by atoms with Gasteiger partial charge in [-0.25, -0.2) is 0 Å². The van der Waals surface area contributed by atoms with Crippen molar-refractivity contribution >= 4 is 10.9 Å². The third-order valence-corrected chi connectivity index (χ3v) is 2.92. The van der Waals surface area contributed by atoms with E-state index in [1.165, 1.54) is 0 Å². The average molecular weight is 253 g/mol. The summed E-state index contributed by atoms with van der Waals surface area (Å²) >= 11 is 0. The first-order valence-corrected chi connectivity index (χ1v) is 5.89. The molecule has 0 aliphatic rings. The molecule has 0 spiro atoms. The largest absolute Gasteiger partial charge is 0.837 e. The molecule has 0 amide bonds. The minimum absolute atomic E-state index is 0.268. The highest BCUT2D eigenvalue weighted by atomic mass is 16.3. The number of aromatic nitrogens is 3. The van der Waals surface area contributed by atoms with E-state index in [0.717, 1.165) is 10.4 Å². The van der Waals surface area contributed by atoms with Gasteiger partial charge in [0, 0.05) is 9.90 Å². The highest BCUT2D eigenvalue weighted by Crippen LogP contribution is 2.15. The number of para-hydroxylation sites is 1. The van der Waals surface area contributed by atoms with E-state index in [4.69, 9.17) is 0 Å². The van der Waals surface area contributed by atoms with Crippen LogP contribution in [0.15, 0.2) is 54.6 Å². The van der Waals surface area contributed by atoms with Gasteiger partial charge in [-0.15, -0.1) is 0 Å². The molecule has 94 valence electrons. The van der Waals surface area contributed by atoms with E-state index in [-0.39, 0.29) is 6.54 Å². The van der Waals surface area contributed by atoms with Gasteiger partial charge in [-0.05, 0) is 22.6 Å². The highest BCUT2D eigenvalue weighted by molar-refractivity contribution is 5.79. The van der Waals surface area contributed by atoms with Gasteiger partial charge in [0.1, 0.15) is 12.4 Å². The summed E-state index contributed by atoms with van der Waals surface area (Å²) < 4.78 is 0.656. The number of nitrogens with zero attached hydrogens (tertiary/aromatic N) is 3. The maximum absolute atomic E-state index is 12.2. The van der Waals surface area contributed by atoms with E-state index in [1.807, 2.05) is 30.3 Å². The lowest BCUT2D eigenvalue weighted by molar-refractivity contribution is -0.581. The summed E-state index contributed by atoms with van der Waals surface area (Å²) in [5.74, 6) is -0.390. The highest BCUT2D eigenvalue weighted by Gasteiger charge is 2.12. The van der Waals surface area contributed by atoms with Gasteiger partial charge in [0.05, 0.1) is 9.93 Å². The van der Waals surface area contributed by atoms with Crippen LogP contribution in [0.25, 0.3) is 10.9 Å². The summed E-state index contributed by atoms with van der Waals surface area (Å²) in [5, 5.41) is 16.0. The van der Waals surface area contributed by atoms with Crippen LogP contribution in [0.4, 0.5) is 0 Å². The van der Waals surface area contributed by atoms with E-state index < -0.39 is 5.88 Å². The molecule has 5 heteroatoms. The normalized spacial score (nSPS) is 10.7. The second kappa shape index (κ2) is 4.53. The fourth-order valence-corrected chi connectivity index (χ4v) is 1.99. The molecule has 19 heavy (non-hydrogen) atoms. The fraction of sp³-hybridized carbons (Fsp3) is 0.0714. The van der Waals surface area contributed by atoms with Gasteiger partial charge in [-0.2, -0.15) is 0 Å². The molecule has 0 saturated carbocycles. The van der Waals surface area contributed by atoms with Crippen LogP contribution in [0.3, 0.4) is 0 Å². The van der Waals surface area contributed by atoms with Crippen molar-refractivity contribution in [3.63, 3.8) is 0 Å². The van der Waals surface area contributed by atoms with Crippen molar-refractivity contribution in [2.75, 3.05) is 0 Å². The van der Waals surface area contributed by atoms with Crippen molar-refractivity contribution < 1.29 is 9.65 Å². The van der Waals surface area contributed by atoms with E-state index in [1.54, 1.807) is 24.3 Å². The Labute approximate surface area is 108 Å². The molecule has 0 aliphatic carbocycles. The zero-order valence-corrected chi connectivity index (χ0v) is 10.1. The van der Waals surface area contributed by atoms with E-state index in [9.17, 15) is 10.0 Å². The molecule has 1 heterocycles. The SMILES string of the molecule is O=[n+]1c2ccccc2c([O-])nn1Cc1ccccc1. The van der Waals surface area contributed by atoms with Gasteiger partial charge >= 0.3 is 0 Å². The van der Waals surface area contributed by atoms with Crippen LogP contribution >= 0.6 is 0 Å². The lowest BCUT2D eigenvalue weighted by atomic mass is 10.2. The molecule has 0 bridgehead atoms. The zero-order valence-electron chi connectivity index (χ0n) is 10.1. The molecular weight excluding hydrogens is 242 g/mol. The third-order valence-electron chi connectivity index (χ3n) is 2.92. The summed E-state index contributed by atoms with van der Waals surface area (Å²) in [6.45, 7) is 0.268.